The molecule has 0 spiro atoms. The number of halogens is 1. The van der Waals surface area contributed by atoms with Crippen molar-refractivity contribution in [2.75, 3.05) is 5.32 Å². The Labute approximate surface area is 137 Å². The molecular formula is C17H15ClN2O3. The number of anilines is 1. The summed E-state index contributed by atoms with van der Waals surface area (Å²) in [5.74, 6) is -0.575. The van der Waals surface area contributed by atoms with E-state index in [1.165, 1.54) is 4.57 Å². The summed E-state index contributed by atoms with van der Waals surface area (Å²) >= 11 is 6.05. The van der Waals surface area contributed by atoms with Crippen molar-refractivity contribution in [3.63, 3.8) is 0 Å². The first kappa shape index (κ1) is 15.4. The molecule has 1 amide bonds. The second-order valence-electron chi connectivity index (χ2n) is 5.42. The van der Waals surface area contributed by atoms with Crippen LogP contribution in [0.25, 0.3) is 11.1 Å². The maximum atomic E-state index is 12.2. The minimum atomic E-state index is -0.420. The smallest absolute Gasteiger partial charge is 0.408 e. The zero-order valence-corrected chi connectivity index (χ0v) is 13.5. The van der Waals surface area contributed by atoms with E-state index in [9.17, 15) is 9.59 Å². The Hall–Kier alpha value is -2.53. The Bertz CT molecular complexity index is 956. The van der Waals surface area contributed by atoms with Crippen LogP contribution in [0, 0.1) is 6.92 Å². The van der Waals surface area contributed by atoms with Crippen molar-refractivity contribution in [1.29, 1.82) is 0 Å². The molecule has 3 aromatic rings. The summed E-state index contributed by atoms with van der Waals surface area (Å²) in [6.07, 6.45) is 0.195. The van der Waals surface area contributed by atoms with Crippen molar-refractivity contribution in [3.05, 3.63) is 63.1 Å². The first-order valence-electron chi connectivity index (χ1n) is 7.08. The molecule has 0 radical (unpaired) electrons. The van der Waals surface area contributed by atoms with Gasteiger partial charge in [-0.05, 0) is 42.3 Å². The fourth-order valence-electron chi connectivity index (χ4n) is 2.34. The van der Waals surface area contributed by atoms with Crippen LogP contribution in [-0.2, 0) is 18.3 Å². The van der Waals surface area contributed by atoms with E-state index >= 15 is 0 Å². The molecule has 0 bridgehead atoms. The monoisotopic (exact) mass is 330 g/mol. The molecule has 0 fully saturated rings. The van der Waals surface area contributed by atoms with Crippen molar-refractivity contribution in [2.45, 2.75) is 13.3 Å². The summed E-state index contributed by atoms with van der Waals surface area (Å²) in [5.41, 5.74) is 3.58. The minimum Gasteiger partial charge on any atom is -0.408 e. The summed E-state index contributed by atoms with van der Waals surface area (Å²) in [6.45, 7) is 1.90. The van der Waals surface area contributed by atoms with Gasteiger partial charge in [-0.25, -0.2) is 4.79 Å². The Balaban J connectivity index is 1.78. The van der Waals surface area contributed by atoms with Gasteiger partial charge in [0.2, 0.25) is 5.91 Å². The van der Waals surface area contributed by atoms with E-state index in [2.05, 4.69) is 5.32 Å². The second kappa shape index (κ2) is 5.93. The van der Waals surface area contributed by atoms with Crippen LogP contribution < -0.4 is 11.1 Å². The van der Waals surface area contributed by atoms with E-state index < -0.39 is 5.76 Å². The third-order valence-electron chi connectivity index (χ3n) is 3.68. The van der Waals surface area contributed by atoms with Crippen LogP contribution in [-0.4, -0.2) is 10.5 Å². The zero-order valence-electron chi connectivity index (χ0n) is 12.7. The first-order chi connectivity index (χ1) is 10.9. The number of carbonyl (C=O) groups excluding carboxylic acids is 1. The molecule has 0 aliphatic carbocycles. The van der Waals surface area contributed by atoms with Gasteiger partial charge in [-0.3, -0.25) is 9.36 Å². The molecule has 118 valence electrons. The van der Waals surface area contributed by atoms with E-state index in [1.807, 2.05) is 19.1 Å². The van der Waals surface area contributed by atoms with Crippen molar-refractivity contribution in [2.24, 2.45) is 7.05 Å². The molecule has 0 saturated heterocycles. The third-order valence-corrected chi connectivity index (χ3v) is 4.08. The number of hydrogen-bond donors (Lipinski definition) is 1. The fourth-order valence-corrected chi connectivity index (χ4v) is 2.52. The van der Waals surface area contributed by atoms with Gasteiger partial charge in [-0.1, -0.05) is 23.7 Å². The number of oxazole rings is 1. The van der Waals surface area contributed by atoms with E-state index in [4.69, 9.17) is 16.0 Å². The number of aromatic nitrogens is 1. The number of benzene rings is 2. The maximum Gasteiger partial charge on any atom is 0.419 e. The van der Waals surface area contributed by atoms with Gasteiger partial charge < -0.3 is 9.73 Å². The van der Waals surface area contributed by atoms with Crippen LogP contribution >= 0.6 is 11.6 Å². The largest absolute Gasteiger partial charge is 0.419 e. The van der Waals surface area contributed by atoms with Gasteiger partial charge in [0, 0.05) is 17.8 Å². The molecule has 23 heavy (non-hydrogen) atoms. The van der Waals surface area contributed by atoms with Crippen LogP contribution in [0.15, 0.2) is 45.6 Å². The van der Waals surface area contributed by atoms with Crippen molar-refractivity contribution >= 4 is 34.3 Å². The molecule has 1 heterocycles. The first-order valence-corrected chi connectivity index (χ1v) is 7.46. The predicted molar refractivity (Wildman–Crippen MR) is 90.0 cm³/mol. The highest BCUT2D eigenvalue weighted by Gasteiger charge is 2.10. The third kappa shape index (κ3) is 3.14. The van der Waals surface area contributed by atoms with Crippen molar-refractivity contribution < 1.29 is 9.21 Å². The lowest BCUT2D eigenvalue weighted by Crippen LogP contribution is -2.14. The molecule has 0 aliphatic heterocycles. The Morgan fingerprint density at radius 3 is 2.78 bits per heavy atom. The lowest BCUT2D eigenvalue weighted by molar-refractivity contribution is -0.115. The van der Waals surface area contributed by atoms with Gasteiger partial charge in [0.25, 0.3) is 0 Å². The lowest BCUT2D eigenvalue weighted by atomic mass is 10.1. The van der Waals surface area contributed by atoms with Crippen LogP contribution in [0.3, 0.4) is 0 Å². The van der Waals surface area contributed by atoms with E-state index in [0.717, 1.165) is 11.1 Å². The molecule has 0 atom stereocenters. The molecular weight excluding hydrogens is 316 g/mol. The van der Waals surface area contributed by atoms with E-state index in [0.29, 0.717) is 21.8 Å². The summed E-state index contributed by atoms with van der Waals surface area (Å²) in [5, 5.41) is 3.42. The van der Waals surface area contributed by atoms with E-state index in [1.54, 1.807) is 31.3 Å². The minimum absolute atomic E-state index is 0.155. The number of nitrogens with one attached hydrogen (secondary N) is 1. The van der Waals surface area contributed by atoms with Crippen LogP contribution in [0.2, 0.25) is 5.02 Å². The van der Waals surface area contributed by atoms with Crippen LogP contribution in [0.1, 0.15) is 11.1 Å². The summed E-state index contributed by atoms with van der Waals surface area (Å²) in [4.78, 5) is 23.6. The highest BCUT2D eigenvalue weighted by atomic mass is 35.5. The number of amides is 1. The maximum absolute atomic E-state index is 12.2. The summed E-state index contributed by atoms with van der Waals surface area (Å²) in [7, 11) is 1.63. The number of nitrogens with zero attached hydrogens (tertiary/aromatic N) is 1. The quantitative estimate of drug-likeness (QED) is 0.801. The van der Waals surface area contributed by atoms with E-state index in [-0.39, 0.29) is 12.3 Å². The summed E-state index contributed by atoms with van der Waals surface area (Å²) in [6, 6.07) is 10.6. The van der Waals surface area contributed by atoms with Gasteiger partial charge in [0.15, 0.2) is 5.58 Å². The molecule has 6 heteroatoms. The normalized spacial score (nSPS) is 10.9. The Morgan fingerprint density at radius 2 is 2.04 bits per heavy atom. The SMILES string of the molecule is Cc1ccc(NC(=O)Cc2ccc3oc(=O)n(C)c3c2)cc1Cl. The van der Waals surface area contributed by atoms with Gasteiger partial charge in [0.1, 0.15) is 0 Å². The molecule has 3 rings (SSSR count). The Kier molecular flexibility index (Phi) is 3.96. The number of rotatable bonds is 3. The highest BCUT2D eigenvalue weighted by Crippen LogP contribution is 2.20. The molecule has 2 aromatic carbocycles. The molecule has 0 aliphatic rings. The number of aryl methyl sites for hydroxylation is 2. The number of carbonyl (C=O) groups is 1. The Morgan fingerprint density at radius 1 is 1.26 bits per heavy atom. The number of fused-ring (bicyclic) bond motifs is 1. The molecule has 5 nitrogen and oxygen atoms in total. The van der Waals surface area contributed by atoms with Crippen molar-refractivity contribution in [3.8, 4) is 0 Å². The molecule has 0 unspecified atom stereocenters. The standard InChI is InChI=1S/C17H15ClN2O3/c1-10-3-5-12(9-13(10)18)19-16(21)8-11-4-6-15-14(7-11)20(2)17(22)23-15/h3-7,9H,8H2,1-2H3,(H,19,21). The van der Waals surface area contributed by atoms with Gasteiger partial charge >= 0.3 is 5.76 Å². The molecule has 0 saturated carbocycles. The number of hydrogen-bond acceptors (Lipinski definition) is 3. The van der Waals surface area contributed by atoms with Gasteiger partial charge in [0.05, 0.1) is 11.9 Å². The van der Waals surface area contributed by atoms with Crippen LogP contribution in [0.5, 0.6) is 0 Å². The van der Waals surface area contributed by atoms with Crippen LogP contribution in [0.4, 0.5) is 5.69 Å². The average Bonchev–Trinajstić information content (AvgIpc) is 2.78. The fraction of sp³-hybridized carbons (Fsp3) is 0.176. The molecule has 1 N–H and O–H groups in total. The highest BCUT2D eigenvalue weighted by molar-refractivity contribution is 6.31. The van der Waals surface area contributed by atoms with Gasteiger partial charge in [-0.15, -0.1) is 0 Å². The summed E-state index contributed by atoms with van der Waals surface area (Å²) < 4.78 is 6.48. The second-order valence-corrected chi connectivity index (χ2v) is 5.83. The average molecular weight is 331 g/mol. The van der Waals surface area contributed by atoms with Gasteiger partial charge in [-0.2, -0.15) is 0 Å². The zero-order chi connectivity index (χ0) is 16.6. The lowest BCUT2D eigenvalue weighted by Gasteiger charge is -2.07. The molecule has 1 aromatic heterocycles. The predicted octanol–water partition coefficient (Wildman–Crippen LogP) is 3.27. The topological polar surface area (TPSA) is 64.2 Å². The van der Waals surface area contributed by atoms with Crippen molar-refractivity contribution in [1.82, 2.24) is 4.57 Å².